The Hall–Kier alpha value is -3.12. The number of hydrogen-bond donors (Lipinski definition) is 2. The number of carbonyl (C=O) groups is 2. The van der Waals surface area contributed by atoms with Crippen molar-refractivity contribution in [2.45, 2.75) is 108 Å². The molecule has 0 aromatic carbocycles. The van der Waals surface area contributed by atoms with Gasteiger partial charge in [0.25, 0.3) is 5.91 Å². The molecule has 3 fully saturated rings. The first-order chi connectivity index (χ1) is 21.6. The molecule has 1 amide bonds. The fraction of sp³-hybridized carbons (Fsp3) is 0.633. The van der Waals surface area contributed by atoms with Crippen LogP contribution in [-0.2, 0) is 38.1 Å². The molecule has 0 bridgehead atoms. The lowest BCUT2D eigenvalue weighted by Gasteiger charge is -2.35. The van der Waals surface area contributed by atoms with Crippen LogP contribution in [0.5, 0.6) is 5.75 Å². The van der Waals surface area contributed by atoms with Gasteiger partial charge in [0.1, 0.15) is 47.2 Å². The average molecular weight is 665 g/mol. The van der Waals surface area contributed by atoms with Gasteiger partial charge in [0.2, 0.25) is 0 Å². The van der Waals surface area contributed by atoms with Gasteiger partial charge in [-0.3, -0.25) is 10.5 Å². The molecular formula is C30H40N4O11S. The molecule has 0 spiro atoms. The lowest BCUT2D eigenvalue weighted by atomic mass is 9.99. The van der Waals surface area contributed by atoms with Crippen molar-refractivity contribution in [1.82, 2.24) is 5.32 Å². The summed E-state index contributed by atoms with van der Waals surface area (Å²) in [4.78, 5) is 48.4. The zero-order valence-electron chi connectivity index (χ0n) is 26.6. The maximum Gasteiger partial charge on any atom is 0.366 e. The largest absolute Gasteiger partial charge is 0.489 e. The standard InChI is InChI=1S/C30H40N4O11S/c1-8-10-17(18-12-16(38-11-9-2)13-19(35)39-18)32-27(37)30(31)14-46-24(33-30)15(3)34-45-25(36)22-20-21(42-28(4,5)41-20)23-26(40-22)44-29(6,7)43-23/h9,12-13,17,20-23,26H,2,8,10-11,14,31H2,1,3-7H3,(H,32,37)/b34-15+/t17-,20-,21+,22+,23-,26-,30+/m1/s1. The van der Waals surface area contributed by atoms with Crippen molar-refractivity contribution in [2.24, 2.45) is 15.9 Å². The van der Waals surface area contributed by atoms with E-state index in [4.69, 9.17) is 43.4 Å². The van der Waals surface area contributed by atoms with Gasteiger partial charge < -0.3 is 43.0 Å². The third-order valence-electron chi connectivity index (χ3n) is 7.45. The van der Waals surface area contributed by atoms with E-state index in [0.717, 1.165) is 0 Å². The number of nitrogens with one attached hydrogen (secondary N) is 1. The number of fused-ring (bicyclic) bond motifs is 3. The highest BCUT2D eigenvalue weighted by molar-refractivity contribution is 8.16. The van der Waals surface area contributed by atoms with E-state index in [1.54, 1.807) is 46.8 Å². The van der Waals surface area contributed by atoms with E-state index in [-0.39, 0.29) is 23.8 Å². The minimum atomic E-state index is -1.66. The quantitative estimate of drug-likeness (QED) is 0.152. The molecule has 0 saturated carbocycles. The van der Waals surface area contributed by atoms with Crippen molar-refractivity contribution in [2.75, 3.05) is 12.4 Å². The normalized spacial score (nSPS) is 31.8. The van der Waals surface area contributed by atoms with E-state index in [0.29, 0.717) is 23.6 Å². The summed E-state index contributed by atoms with van der Waals surface area (Å²) in [5.41, 5.74) is 4.36. The topological polar surface area (TPSA) is 192 Å². The predicted octanol–water partition coefficient (Wildman–Crippen LogP) is 2.28. The Morgan fingerprint density at radius 1 is 1.17 bits per heavy atom. The van der Waals surface area contributed by atoms with Gasteiger partial charge in [-0.05, 0) is 41.0 Å². The smallest absolute Gasteiger partial charge is 0.366 e. The van der Waals surface area contributed by atoms with E-state index >= 15 is 0 Å². The number of nitrogens with zero attached hydrogens (tertiary/aromatic N) is 2. The molecule has 0 radical (unpaired) electrons. The molecule has 4 aliphatic heterocycles. The van der Waals surface area contributed by atoms with Crippen molar-refractivity contribution in [3.63, 3.8) is 0 Å². The second kappa shape index (κ2) is 13.2. The number of thioether (sulfide) groups is 1. The van der Waals surface area contributed by atoms with Crippen LogP contribution in [0.1, 0.15) is 66.2 Å². The number of nitrogens with two attached hydrogens (primary N) is 1. The predicted molar refractivity (Wildman–Crippen MR) is 165 cm³/mol. The fourth-order valence-electron chi connectivity index (χ4n) is 5.47. The van der Waals surface area contributed by atoms with Crippen LogP contribution in [0.25, 0.3) is 0 Å². The molecule has 0 aliphatic carbocycles. The molecule has 46 heavy (non-hydrogen) atoms. The van der Waals surface area contributed by atoms with Crippen LogP contribution >= 0.6 is 11.8 Å². The highest BCUT2D eigenvalue weighted by Crippen LogP contribution is 2.44. The van der Waals surface area contributed by atoms with E-state index in [2.05, 4.69) is 22.0 Å². The molecule has 3 N–H and O–H groups in total. The highest BCUT2D eigenvalue weighted by atomic mass is 32.2. The first-order valence-corrected chi connectivity index (χ1v) is 16.0. The fourth-order valence-corrected chi connectivity index (χ4v) is 6.50. The van der Waals surface area contributed by atoms with Gasteiger partial charge in [-0.2, -0.15) is 0 Å². The van der Waals surface area contributed by atoms with Crippen molar-refractivity contribution >= 4 is 34.4 Å². The lowest BCUT2D eigenvalue weighted by molar-refractivity contribution is -0.239. The van der Waals surface area contributed by atoms with E-state index in [1.165, 1.54) is 17.8 Å². The van der Waals surface area contributed by atoms with Crippen molar-refractivity contribution in [3.8, 4) is 5.75 Å². The number of rotatable bonds is 11. The van der Waals surface area contributed by atoms with Crippen LogP contribution in [0.4, 0.5) is 0 Å². The Balaban J connectivity index is 1.26. The van der Waals surface area contributed by atoms with Crippen molar-refractivity contribution in [3.05, 3.63) is 41.0 Å². The molecule has 16 heteroatoms. The third-order valence-corrected chi connectivity index (χ3v) is 8.69. The average Bonchev–Trinajstić information content (AvgIpc) is 3.64. The molecule has 7 atom stereocenters. The summed E-state index contributed by atoms with van der Waals surface area (Å²) < 4.78 is 40.6. The van der Waals surface area contributed by atoms with Crippen LogP contribution in [-0.4, -0.2) is 82.9 Å². The van der Waals surface area contributed by atoms with Crippen LogP contribution in [0.2, 0.25) is 0 Å². The second-order valence-electron chi connectivity index (χ2n) is 12.2. The summed E-state index contributed by atoms with van der Waals surface area (Å²) in [7, 11) is 0. The minimum Gasteiger partial charge on any atom is -0.489 e. The summed E-state index contributed by atoms with van der Waals surface area (Å²) in [5.74, 6) is -2.75. The van der Waals surface area contributed by atoms with Crippen molar-refractivity contribution in [1.29, 1.82) is 0 Å². The van der Waals surface area contributed by atoms with Crippen LogP contribution in [0.3, 0.4) is 0 Å². The number of hydrogen-bond acceptors (Lipinski definition) is 15. The Morgan fingerprint density at radius 3 is 2.59 bits per heavy atom. The van der Waals surface area contributed by atoms with Gasteiger partial charge in [-0.25, -0.2) is 14.6 Å². The maximum atomic E-state index is 13.4. The number of oxime groups is 1. The van der Waals surface area contributed by atoms with Gasteiger partial charge in [-0.1, -0.05) is 31.2 Å². The molecule has 5 rings (SSSR count). The highest BCUT2D eigenvalue weighted by Gasteiger charge is 2.62. The van der Waals surface area contributed by atoms with E-state index < -0.39 is 71.5 Å². The Bertz CT molecular complexity index is 1480. The summed E-state index contributed by atoms with van der Waals surface area (Å²) in [6.45, 7) is 14.2. The lowest BCUT2D eigenvalue weighted by Crippen LogP contribution is -2.57. The number of aliphatic imine (C=N–C) groups is 1. The van der Waals surface area contributed by atoms with E-state index in [1.807, 2.05) is 6.92 Å². The molecule has 252 valence electrons. The summed E-state index contributed by atoms with van der Waals surface area (Å²) in [5, 5.41) is 7.12. The molecule has 4 aliphatic rings. The first-order valence-electron chi connectivity index (χ1n) is 15.0. The minimum absolute atomic E-state index is 0.0895. The van der Waals surface area contributed by atoms with Crippen LogP contribution < -0.4 is 21.4 Å². The van der Waals surface area contributed by atoms with E-state index in [9.17, 15) is 14.4 Å². The molecule has 1 aromatic heterocycles. The molecule has 3 saturated heterocycles. The van der Waals surface area contributed by atoms with Crippen molar-refractivity contribution < 1.29 is 47.3 Å². The zero-order chi connectivity index (χ0) is 33.4. The molecule has 0 unspecified atom stereocenters. The second-order valence-corrected chi connectivity index (χ2v) is 13.2. The Kier molecular flexibility index (Phi) is 9.80. The zero-order valence-corrected chi connectivity index (χ0v) is 27.4. The SMILES string of the molecule is C=CCOc1cc([C@@H](CCC)NC(=O)[C@]2(N)CSC(/C(C)=N/OC(=O)[C@H]3O[C@@H]4OC(C)(C)O[C@@H]4[C@H]4OC(C)(C)O[C@H]43)=N2)oc(=O)c1. The molecule has 15 nitrogen and oxygen atoms in total. The van der Waals surface area contributed by atoms with Gasteiger partial charge >= 0.3 is 11.6 Å². The summed E-state index contributed by atoms with van der Waals surface area (Å²) in [6.07, 6.45) is -1.49. The summed E-state index contributed by atoms with van der Waals surface area (Å²) >= 11 is 1.18. The monoisotopic (exact) mass is 664 g/mol. The number of amides is 1. The molecular weight excluding hydrogens is 624 g/mol. The third kappa shape index (κ3) is 7.38. The van der Waals surface area contributed by atoms with Crippen LogP contribution in [0, 0.1) is 0 Å². The Labute approximate surface area is 270 Å². The molecule has 5 heterocycles. The van der Waals surface area contributed by atoms with Gasteiger partial charge in [0.05, 0.1) is 12.1 Å². The van der Waals surface area contributed by atoms with Gasteiger partial charge in [-0.15, -0.1) is 11.8 Å². The number of ether oxygens (including phenoxy) is 6. The first kappa shape index (κ1) is 34.2. The van der Waals surface area contributed by atoms with Gasteiger partial charge in [0.15, 0.2) is 29.6 Å². The molecule has 1 aromatic rings. The Morgan fingerprint density at radius 2 is 1.87 bits per heavy atom. The maximum absolute atomic E-state index is 13.4. The summed E-state index contributed by atoms with van der Waals surface area (Å²) in [6, 6.07) is 2.10. The van der Waals surface area contributed by atoms with Gasteiger partial charge in [0, 0.05) is 11.8 Å². The van der Waals surface area contributed by atoms with Crippen LogP contribution in [0.15, 0.2) is 44.1 Å². The number of carbonyl (C=O) groups excluding carboxylic acids is 2.